The molecule has 0 aliphatic rings. The minimum absolute atomic E-state index is 0.342. The van der Waals surface area contributed by atoms with Crippen molar-refractivity contribution in [3.63, 3.8) is 0 Å². The van der Waals surface area contributed by atoms with Crippen molar-refractivity contribution in [3.05, 3.63) is 64.9 Å². The molecule has 0 amide bonds. The summed E-state index contributed by atoms with van der Waals surface area (Å²) in [6, 6.07) is 12.9. The topological polar surface area (TPSA) is 33.1 Å². The maximum atomic E-state index is 10.0. The first-order valence-corrected chi connectivity index (χ1v) is 5.00. The first kappa shape index (κ1) is 10.1. The highest BCUT2D eigenvalue weighted by Gasteiger charge is 2.13. The number of nitrogens with zero attached hydrogens (tertiary/aromatic N) is 1. The van der Waals surface area contributed by atoms with Crippen molar-refractivity contribution >= 4 is 11.6 Å². The molecule has 1 atom stereocenters. The summed E-state index contributed by atoms with van der Waals surface area (Å²) in [5, 5.41) is 10.4. The minimum Gasteiger partial charge on any atom is -0.384 e. The predicted octanol–water partition coefficient (Wildman–Crippen LogP) is 2.82. The Labute approximate surface area is 93.2 Å². The van der Waals surface area contributed by atoms with Crippen LogP contribution in [0.2, 0.25) is 5.15 Å². The van der Waals surface area contributed by atoms with E-state index in [2.05, 4.69) is 4.98 Å². The molecule has 1 heterocycles. The van der Waals surface area contributed by atoms with Crippen molar-refractivity contribution < 1.29 is 5.11 Å². The molecule has 0 aliphatic carbocycles. The number of aliphatic hydroxyl groups is 1. The number of halogens is 1. The van der Waals surface area contributed by atoms with Gasteiger partial charge in [-0.1, -0.05) is 48.0 Å². The van der Waals surface area contributed by atoms with Gasteiger partial charge in [-0.25, -0.2) is 4.98 Å². The second-order valence-corrected chi connectivity index (χ2v) is 3.55. The van der Waals surface area contributed by atoms with Crippen LogP contribution in [0.15, 0.2) is 48.7 Å². The van der Waals surface area contributed by atoms with Gasteiger partial charge in [-0.2, -0.15) is 0 Å². The summed E-state index contributed by atoms with van der Waals surface area (Å²) in [6.07, 6.45) is 0.885. The third kappa shape index (κ3) is 2.17. The average molecular weight is 220 g/mol. The summed E-state index contributed by atoms with van der Waals surface area (Å²) in [6.45, 7) is 0. The van der Waals surface area contributed by atoms with E-state index in [9.17, 15) is 5.11 Å². The molecule has 3 heteroatoms. The van der Waals surface area contributed by atoms with Gasteiger partial charge >= 0.3 is 0 Å². The van der Waals surface area contributed by atoms with E-state index in [0.29, 0.717) is 10.7 Å². The molecule has 1 aromatic heterocycles. The zero-order valence-corrected chi connectivity index (χ0v) is 8.72. The Hall–Kier alpha value is -1.38. The lowest BCUT2D eigenvalue weighted by Crippen LogP contribution is -2.00. The molecule has 1 N–H and O–H groups in total. The Morgan fingerprint density at radius 2 is 1.80 bits per heavy atom. The number of aliphatic hydroxyl groups excluding tert-OH is 1. The third-order valence-corrected chi connectivity index (χ3v) is 2.51. The smallest absolute Gasteiger partial charge is 0.135 e. The lowest BCUT2D eigenvalue weighted by molar-refractivity contribution is 0.220. The SMILES string of the molecule is OC(c1ccccc1)c1cccnc1Cl. The van der Waals surface area contributed by atoms with Crippen molar-refractivity contribution in [2.24, 2.45) is 0 Å². The summed E-state index contributed by atoms with van der Waals surface area (Å²) < 4.78 is 0. The molecular weight excluding hydrogens is 210 g/mol. The van der Waals surface area contributed by atoms with Gasteiger partial charge in [0.05, 0.1) is 0 Å². The molecule has 0 bridgehead atoms. The zero-order valence-electron chi connectivity index (χ0n) is 7.97. The molecule has 2 rings (SSSR count). The van der Waals surface area contributed by atoms with Crippen molar-refractivity contribution in [2.45, 2.75) is 6.10 Å². The Morgan fingerprint density at radius 1 is 1.07 bits per heavy atom. The normalized spacial score (nSPS) is 12.4. The lowest BCUT2D eigenvalue weighted by Gasteiger charge is -2.11. The highest BCUT2D eigenvalue weighted by Crippen LogP contribution is 2.25. The van der Waals surface area contributed by atoms with E-state index in [0.717, 1.165) is 5.56 Å². The van der Waals surface area contributed by atoms with Crippen molar-refractivity contribution in [2.75, 3.05) is 0 Å². The van der Waals surface area contributed by atoms with Gasteiger partial charge in [-0.3, -0.25) is 0 Å². The van der Waals surface area contributed by atoms with Crippen molar-refractivity contribution in [3.8, 4) is 0 Å². The highest BCUT2D eigenvalue weighted by molar-refractivity contribution is 6.30. The van der Waals surface area contributed by atoms with Gasteiger partial charge in [0.25, 0.3) is 0 Å². The summed E-state index contributed by atoms with van der Waals surface area (Å²) in [5.41, 5.74) is 1.44. The van der Waals surface area contributed by atoms with Gasteiger partial charge in [0.15, 0.2) is 0 Å². The summed E-state index contributed by atoms with van der Waals surface area (Å²) in [7, 11) is 0. The van der Waals surface area contributed by atoms with Crippen LogP contribution in [0.4, 0.5) is 0 Å². The molecular formula is C12H10ClNO. The van der Waals surface area contributed by atoms with E-state index in [-0.39, 0.29) is 0 Å². The molecule has 0 radical (unpaired) electrons. The largest absolute Gasteiger partial charge is 0.384 e. The van der Waals surface area contributed by atoms with E-state index >= 15 is 0 Å². The Morgan fingerprint density at radius 3 is 2.47 bits per heavy atom. The molecule has 0 fully saturated rings. The fraction of sp³-hybridized carbons (Fsp3) is 0.0833. The molecule has 2 nitrogen and oxygen atoms in total. The Balaban J connectivity index is 2.37. The standard InChI is InChI=1S/C12H10ClNO/c13-12-10(7-4-8-14-12)11(15)9-5-2-1-3-6-9/h1-8,11,15H. The number of aromatic nitrogens is 1. The number of pyridine rings is 1. The quantitative estimate of drug-likeness (QED) is 0.788. The molecule has 0 aliphatic heterocycles. The number of hydrogen-bond acceptors (Lipinski definition) is 2. The van der Waals surface area contributed by atoms with Crippen LogP contribution in [-0.2, 0) is 0 Å². The fourth-order valence-corrected chi connectivity index (χ4v) is 1.64. The van der Waals surface area contributed by atoms with E-state index in [1.54, 1.807) is 18.3 Å². The van der Waals surface area contributed by atoms with E-state index < -0.39 is 6.10 Å². The predicted molar refractivity (Wildman–Crippen MR) is 59.8 cm³/mol. The average Bonchev–Trinajstić information content (AvgIpc) is 2.30. The molecule has 0 saturated carbocycles. The van der Waals surface area contributed by atoms with Gasteiger partial charge < -0.3 is 5.11 Å². The van der Waals surface area contributed by atoms with Crippen molar-refractivity contribution in [1.29, 1.82) is 0 Å². The van der Waals surface area contributed by atoms with Gasteiger partial charge in [0.2, 0.25) is 0 Å². The number of benzene rings is 1. The minimum atomic E-state index is -0.715. The van der Waals surface area contributed by atoms with Crippen molar-refractivity contribution in [1.82, 2.24) is 4.98 Å². The van der Waals surface area contributed by atoms with E-state index in [1.165, 1.54) is 0 Å². The van der Waals surface area contributed by atoms with Gasteiger partial charge in [-0.15, -0.1) is 0 Å². The fourth-order valence-electron chi connectivity index (χ4n) is 1.42. The zero-order chi connectivity index (χ0) is 10.7. The van der Waals surface area contributed by atoms with Crippen LogP contribution in [-0.4, -0.2) is 10.1 Å². The molecule has 15 heavy (non-hydrogen) atoms. The van der Waals surface area contributed by atoms with Gasteiger partial charge in [0.1, 0.15) is 11.3 Å². The maximum Gasteiger partial charge on any atom is 0.135 e. The van der Waals surface area contributed by atoms with Gasteiger partial charge in [-0.05, 0) is 11.6 Å². The van der Waals surface area contributed by atoms with Gasteiger partial charge in [0, 0.05) is 11.8 Å². The van der Waals surface area contributed by atoms with Crippen LogP contribution in [0.5, 0.6) is 0 Å². The second kappa shape index (κ2) is 4.43. The summed E-state index contributed by atoms with van der Waals surface area (Å²) >= 11 is 5.90. The Bertz CT molecular complexity index is 444. The molecule has 1 unspecified atom stereocenters. The van der Waals surface area contributed by atoms with Crippen LogP contribution >= 0.6 is 11.6 Å². The first-order chi connectivity index (χ1) is 7.29. The number of rotatable bonds is 2. The van der Waals surface area contributed by atoms with Crippen LogP contribution in [0.3, 0.4) is 0 Å². The van der Waals surface area contributed by atoms with E-state index in [4.69, 9.17) is 11.6 Å². The highest BCUT2D eigenvalue weighted by atomic mass is 35.5. The lowest BCUT2D eigenvalue weighted by atomic mass is 10.0. The van der Waals surface area contributed by atoms with Crippen LogP contribution in [0.25, 0.3) is 0 Å². The van der Waals surface area contributed by atoms with Crippen LogP contribution in [0.1, 0.15) is 17.2 Å². The molecule has 76 valence electrons. The molecule has 0 spiro atoms. The van der Waals surface area contributed by atoms with Crippen LogP contribution < -0.4 is 0 Å². The third-order valence-electron chi connectivity index (χ3n) is 2.20. The first-order valence-electron chi connectivity index (χ1n) is 4.62. The Kier molecular flexibility index (Phi) is 2.99. The molecule has 2 aromatic rings. The molecule has 0 saturated heterocycles. The number of hydrogen-bond donors (Lipinski definition) is 1. The second-order valence-electron chi connectivity index (χ2n) is 3.20. The van der Waals surface area contributed by atoms with E-state index in [1.807, 2.05) is 30.3 Å². The maximum absolute atomic E-state index is 10.0. The monoisotopic (exact) mass is 219 g/mol. The summed E-state index contributed by atoms with van der Waals surface area (Å²) in [5.74, 6) is 0. The summed E-state index contributed by atoms with van der Waals surface area (Å²) in [4.78, 5) is 3.93. The molecule has 1 aromatic carbocycles. The van der Waals surface area contributed by atoms with Crippen LogP contribution in [0, 0.1) is 0 Å².